The summed E-state index contributed by atoms with van der Waals surface area (Å²) in [6, 6.07) is 19.2. The fourth-order valence-corrected chi connectivity index (χ4v) is 3.27. The highest BCUT2D eigenvalue weighted by Gasteiger charge is 2.13. The minimum absolute atomic E-state index is 0.416. The van der Waals surface area contributed by atoms with Gasteiger partial charge in [0.15, 0.2) is 11.5 Å². The number of halogens is 2. The number of ether oxygens (including phenoxy) is 3. The van der Waals surface area contributed by atoms with E-state index in [9.17, 15) is 0 Å². The first-order valence-electron chi connectivity index (χ1n) is 8.71. The number of nitrogens with one attached hydrogen (secondary N) is 1. The molecule has 0 unspecified atom stereocenters. The van der Waals surface area contributed by atoms with E-state index >= 15 is 0 Å². The molecule has 0 aromatic heterocycles. The van der Waals surface area contributed by atoms with Crippen molar-refractivity contribution in [2.75, 3.05) is 19.5 Å². The van der Waals surface area contributed by atoms with Crippen molar-refractivity contribution in [1.82, 2.24) is 0 Å². The Bertz CT molecular complexity index is 933. The van der Waals surface area contributed by atoms with Gasteiger partial charge in [0.25, 0.3) is 0 Å². The van der Waals surface area contributed by atoms with Crippen molar-refractivity contribution in [2.45, 2.75) is 13.2 Å². The molecule has 0 aliphatic rings. The van der Waals surface area contributed by atoms with Gasteiger partial charge < -0.3 is 19.5 Å². The average molecular weight is 418 g/mol. The van der Waals surface area contributed by atoms with E-state index in [-0.39, 0.29) is 0 Å². The predicted molar refractivity (Wildman–Crippen MR) is 114 cm³/mol. The van der Waals surface area contributed by atoms with Gasteiger partial charge in [-0.3, -0.25) is 0 Å². The van der Waals surface area contributed by atoms with Crippen LogP contribution >= 0.6 is 23.2 Å². The Balaban J connectivity index is 1.71. The zero-order valence-corrected chi connectivity index (χ0v) is 17.2. The molecule has 0 heterocycles. The quantitative estimate of drug-likeness (QED) is 0.473. The molecule has 0 radical (unpaired) electrons. The Morgan fingerprint density at radius 1 is 0.786 bits per heavy atom. The first-order valence-corrected chi connectivity index (χ1v) is 9.47. The summed E-state index contributed by atoms with van der Waals surface area (Å²) in [5.41, 5.74) is 2.90. The number of benzene rings is 3. The molecule has 0 atom stereocenters. The summed E-state index contributed by atoms with van der Waals surface area (Å²) >= 11 is 12.6. The molecular formula is C22H21Cl2NO3. The maximum atomic E-state index is 6.46. The van der Waals surface area contributed by atoms with Gasteiger partial charge in [-0.1, -0.05) is 53.5 Å². The van der Waals surface area contributed by atoms with Crippen molar-refractivity contribution in [3.8, 4) is 17.2 Å². The molecule has 0 amide bonds. The van der Waals surface area contributed by atoms with E-state index in [1.165, 1.54) is 0 Å². The van der Waals surface area contributed by atoms with Crippen molar-refractivity contribution in [3.05, 3.63) is 81.8 Å². The first kappa shape index (κ1) is 20.2. The lowest BCUT2D eigenvalue weighted by molar-refractivity contribution is 0.284. The molecule has 0 aliphatic heterocycles. The van der Waals surface area contributed by atoms with Crippen LogP contribution in [0.5, 0.6) is 17.2 Å². The van der Waals surface area contributed by atoms with Crippen LogP contribution in [0, 0.1) is 0 Å². The largest absolute Gasteiger partial charge is 0.495 e. The maximum absolute atomic E-state index is 6.46. The lowest BCUT2D eigenvalue weighted by atomic mass is 10.2. The second-order valence-electron chi connectivity index (χ2n) is 6.09. The predicted octanol–water partition coefficient (Wildman–Crippen LogP) is 6.20. The van der Waals surface area contributed by atoms with Gasteiger partial charge in [-0.15, -0.1) is 0 Å². The number of anilines is 1. The molecule has 0 spiro atoms. The molecule has 28 heavy (non-hydrogen) atoms. The minimum Gasteiger partial charge on any atom is -0.495 e. The van der Waals surface area contributed by atoms with Crippen LogP contribution in [0.1, 0.15) is 11.1 Å². The molecule has 6 heteroatoms. The zero-order chi connectivity index (χ0) is 19.9. The highest BCUT2D eigenvalue weighted by atomic mass is 35.5. The van der Waals surface area contributed by atoms with E-state index in [0.717, 1.165) is 16.8 Å². The van der Waals surface area contributed by atoms with Crippen LogP contribution < -0.4 is 19.5 Å². The Morgan fingerprint density at radius 3 is 2.21 bits per heavy atom. The average Bonchev–Trinajstić information content (AvgIpc) is 2.72. The maximum Gasteiger partial charge on any atom is 0.180 e. The summed E-state index contributed by atoms with van der Waals surface area (Å²) in [6.07, 6.45) is 0. The second-order valence-corrected chi connectivity index (χ2v) is 6.90. The fraction of sp³-hybridized carbons (Fsp3) is 0.182. The number of hydrogen-bond donors (Lipinski definition) is 1. The van der Waals surface area contributed by atoms with Gasteiger partial charge in [0, 0.05) is 12.2 Å². The van der Waals surface area contributed by atoms with Gasteiger partial charge in [0.1, 0.15) is 12.4 Å². The van der Waals surface area contributed by atoms with Gasteiger partial charge in [-0.25, -0.2) is 0 Å². The van der Waals surface area contributed by atoms with Crippen LogP contribution in [-0.2, 0) is 13.2 Å². The highest BCUT2D eigenvalue weighted by Crippen LogP contribution is 2.37. The summed E-state index contributed by atoms with van der Waals surface area (Å²) in [5.74, 6) is 1.76. The Morgan fingerprint density at radius 2 is 1.54 bits per heavy atom. The van der Waals surface area contributed by atoms with Crippen LogP contribution in [0.25, 0.3) is 0 Å². The molecule has 0 saturated heterocycles. The highest BCUT2D eigenvalue weighted by molar-refractivity contribution is 6.32. The number of methoxy groups -OCH3 is 2. The third-order valence-electron chi connectivity index (χ3n) is 4.16. The molecule has 3 aromatic carbocycles. The molecular weight excluding hydrogens is 397 g/mol. The Kier molecular flexibility index (Phi) is 6.90. The Labute approximate surface area is 175 Å². The summed E-state index contributed by atoms with van der Waals surface area (Å²) in [5, 5.41) is 4.36. The number of hydrogen-bond acceptors (Lipinski definition) is 4. The molecule has 0 bridgehead atoms. The van der Waals surface area contributed by atoms with Crippen LogP contribution in [0.15, 0.2) is 60.7 Å². The molecule has 0 saturated carbocycles. The molecule has 146 valence electrons. The summed E-state index contributed by atoms with van der Waals surface area (Å²) < 4.78 is 16.5. The van der Waals surface area contributed by atoms with Gasteiger partial charge >= 0.3 is 0 Å². The van der Waals surface area contributed by atoms with Gasteiger partial charge in [0.2, 0.25) is 0 Å². The second kappa shape index (κ2) is 9.58. The van der Waals surface area contributed by atoms with E-state index < -0.39 is 0 Å². The van der Waals surface area contributed by atoms with Crippen molar-refractivity contribution in [3.63, 3.8) is 0 Å². The third kappa shape index (κ3) is 5.03. The normalized spacial score (nSPS) is 10.4. The lowest BCUT2D eigenvalue weighted by Crippen LogP contribution is -2.03. The molecule has 0 fully saturated rings. The van der Waals surface area contributed by atoms with Gasteiger partial charge in [0.05, 0.1) is 24.3 Å². The smallest absolute Gasteiger partial charge is 0.180 e. The van der Waals surface area contributed by atoms with Crippen molar-refractivity contribution < 1.29 is 14.2 Å². The van der Waals surface area contributed by atoms with E-state index in [2.05, 4.69) is 5.32 Å². The summed E-state index contributed by atoms with van der Waals surface area (Å²) in [4.78, 5) is 0. The molecule has 3 aromatic rings. The van der Waals surface area contributed by atoms with Crippen LogP contribution in [0.3, 0.4) is 0 Å². The third-order valence-corrected chi connectivity index (χ3v) is 4.74. The molecule has 4 nitrogen and oxygen atoms in total. The molecule has 0 aliphatic carbocycles. The van der Waals surface area contributed by atoms with E-state index in [4.69, 9.17) is 37.4 Å². The molecule has 3 rings (SSSR count). The number of rotatable bonds is 8. The SMILES string of the molecule is COc1ccc(NCc2cc(Cl)c(OCc3ccccc3)c(OC)c2)cc1Cl. The first-order chi connectivity index (χ1) is 13.6. The topological polar surface area (TPSA) is 39.7 Å². The Hall–Kier alpha value is -2.56. The summed E-state index contributed by atoms with van der Waals surface area (Å²) in [6.45, 7) is 0.969. The van der Waals surface area contributed by atoms with E-state index in [0.29, 0.717) is 40.4 Å². The van der Waals surface area contributed by atoms with E-state index in [1.54, 1.807) is 14.2 Å². The van der Waals surface area contributed by atoms with Crippen LogP contribution in [0.4, 0.5) is 5.69 Å². The minimum atomic E-state index is 0.416. The van der Waals surface area contributed by atoms with Gasteiger partial charge in [-0.05, 0) is 41.5 Å². The fourth-order valence-electron chi connectivity index (χ4n) is 2.73. The lowest BCUT2D eigenvalue weighted by Gasteiger charge is -2.15. The van der Waals surface area contributed by atoms with Crippen molar-refractivity contribution >= 4 is 28.9 Å². The zero-order valence-electron chi connectivity index (χ0n) is 15.7. The summed E-state index contributed by atoms with van der Waals surface area (Å²) in [7, 11) is 3.19. The molecule has 1 N–H and O–H groups in total. The van der Waals surface area contributed by atoms with Crippen molar-refractivity contribution in [1.29, 1.82) is 0 Å². The monoisotopic (exact) mass is 417 g/mol. The van der Waals surface area contributed by atoms with Crippen LogP contribution in [-0.4, -0.2) is 14.2 Å². The van der Waals surface area contributed by atoms with Crippen molar-refractivity contribution in [2.24, 2.45) is 0 Å². The standard InChI is InChI=1S/C22H21Cl2NO3/c1-26-20-9-8-17(12-18(20)23)25-13-16-10-19(24)22(21(11-16)27-2)28-14-15-6-4-3-5-7-15/h3-12,25H,13-14H2,1-2H3. The van der Waals surface area contributed by atoms with E-state index in [1.807, 2.05) is 60.7 Å². The van der Waals surface area contributed by atoms with Crippen LogP contribution in [0.2, 0.25) is 10.0 Å². The van der Waals surface area contributed by atoms with Gasteiger partial charge in [-0.2, -0.15) is 0 Å².